The van der Waals surface area contributed by atoms with Crippen LogP contribution in [0, 0.1) is 0 Å². The molecule has 0 atom stereocenters. The molecule has 116 valence electrons. The zero-order valence-electron chi connectivity index (χ0n) is 11.2. The predicted octanol–water partition coefficient (Wildman–Crippen LogP) is 2.63. The van der Waals surface area contributed by atoms with Gasteiger partial charge in [-0.25, -0.2) is 0 Å². The standard InChI is InChI=1S/C14H12BF3O4/c16-14(17,18)11-6-7-12(13(8-11)22-15(19)20)21-9-10-4-2-1-3-5-10/h1-8,19-20H,9H2. The lowest BCUT2D eigenvalue weighted by atomic mass is 10.1. The summed E-state index contributed by atoms with van der Waals surface area (Å²) < 4.78 is 47.9. The van der Waals surface area contributed by atoms with Crippen molar-refractivity contribution in [2.75, 3.05) is 0 Å². The number of hydrogen-bond donors (Lipinski definition) is 2. The topological polar surface area (TPSA) is 58.9 Å². The molecule has 0 spiro atoms. The second-order valence-electron chi connectivity index (χ2n) is 4.38. The molecule has 2 aromatic carbocycles. The molecule has 0 aliphatic heterocycles. The van der Waals surface area contributed by atoms with Crippen molar-refractivity contribution >= 4 is 7.32 Å². The largest absolute Gasteiger partial charge is 0.707 e. The van der Waals surface area contributed by atoms with E-state index in [1.807, 2.05) is 6.07 Å². The fraction of sp³-hybridized carbons (Fsp3) is 0.143. The number of ether oxygens (including phenoxy) is 1. The maximum atomic E-state index is 12.7. The van der Waals surface area contributed by atoms with E-state index in [4.69, 9.17) is 14.8 Å². The SMILES string of the molecule is OB(O)Oc1cc(C(F)(F)F)ccc1OCc1ccccc1. The van der Waals surface area contributed by atoms with Gasteiger partial charge in [-0.3, -0.25) is 0 Å². The Hall–Kier alpha value is -2.19. The summed E-state index contributed by atoms with van der Waals surface area (Å²) in [5.41, 5.74) is -0.173. The molecule has 8 heteroatoms. The van der Waals surface area contributed by atoms with Gasteiger partial charge in [0.15, 0.2) is 5.75 Å². The van der Waals surface area contributed by atoms with Gasteiger partial charge in [0.2, 0.25) is 0 Å². The molecule has 2 aromatic rings. The lowest BCUT2D eigenvalue weighted by molar-refractivity contribution is -0.137. The van der Waals surface area contributed by atoms with Crippen molar-refractivity contribution in [3.63, 3.8) is 0 Å². The summed E-state index contributed by atoms with van der Waals surface area (Å²) in [7, 11) is -2.25. The van der Waals surface area contributed by atoms with Gasteiger partial charge >= 0.3 is 13.5 Å². The van der Waals surface area contributed by atoms with Crippen molar-refractivity contribution in [3.8, 4) is 11.5 Å². The van der Waals surface area contributed by atoms with E-state index in [-0.39, 0.29) is 12.4 Å². The summed E-state index contributed by atoms with van der Waals surface area (Å²) >= 11 is 0. The number of alkyl halides is 3. The summed E-state index contributed by atoms with van der Waals surface area (Å²) in [5, 5.41) is 17.6. The van der Waals surface area contributed by atoms with Crippen LogP contribution in [-0.2, 0) is 12.8 Å². The molecule has 0 saturated carbocycles. The molecular weight excluding hydrogens is 300 g/mol. The summed E-state index contributed by atoms with van der Waals surface area (Å²) in [5.74, 6) is -0.425. The third-order valence-electron chi connectivity index (χ3n) is 2.74. The maximum absolute atomic E-state index is 12.7. The van der Waals surface area contributed by atoms with Gasteiger partial charge in [-0.2, -0.15) is 13.2 Å². The number of halogens is 3. The van der Waals surface area contributed by atoms with Crippen LogP contribution in [0.4, 0.5) is 13.2 Å². The molecule has 0 heterocycles. The van der Waals surface area contributed by atoms with Crippen LogP contribution in [0.3, 0.4) is 0 Å². The van der Waals surface area contributed by atoms with Gasteiger partial charge in [0.25, 0.3) is 0 Å². The second kappa shape index (κ2) is 6.72. The third-order valence-corrected chi connectivity index (χ3v) is 2.74. The monoisotopic (exact) mass is 312 g/mol. The van der Waals surface area contributed by atoms with Crippen LogP contribution >= 0.6 is 0 Å². The molecule has 2 N–H and O–H groups in total. The van der Waals surface area contributed by atoms with Crippen LogP contribution < -0.4 is 9.39 Å². The Kier molecular flexibility index (Phi) is 4.94. The molecule has 0 aromatic heterocycles. The molecule has 0 bridgehead atoms. The molecule has 0 radical (unpaired) electrons. The maximum Gasteiger partial charge on any atom is 0.707 e. The molecular formula is C14H12BF3O4. The lowest BCUT2D eigenvalue weighted by Crippen LogP contribution is -2.21. The first kappa shape index (κ1) is 16.2. The highest BCUT2D eigenvalue weighted by Gasteiger charge is 2.32. The van der Waals surface area contributed by atoms with Gasteiger partial charge in [0.05, 0.1) is 5.56 Å². The van der Waals surface area contributed by atoms with Gasteiger partial charge in [0, 0.05) is 0 Å². The van der Waals surface area contributed by atoms with Crippen molar-refractivity contribution in [1.82, 2.24) is 0 Å². The van der Waals surface area contributed by atoms with Crippen LogP contribution in [0.5, 0.6) is 11.5 Å². The number of benzene rings is 2. The van der Waals surface area contributed by atoms with E-state index in [1.165, 1.54) is 0 Å². The fourth-order valence-corrected chi connectivity index (χ4v) is 1.74. The first-order valence-corrected chi connectivity index (χ1v) is 6.27. The fourth-order valence-electron chi connectivity index (χ4n) is 1.74. The van der Waals surface area contributed by atoms with E-state index < -0.39 is 24.8 Å². The normalized spacial score (nSPS) is 11.1. The van der Waals surface area contributed by atoms with Crippen LogP contribution in [0.1, 0.15) is 11.1 Å². The Labute approximate surface area is 124 Å². The van der Waals surface area contributed by atoms with Gasteiger partial charge in [-0.15, -0.1) is 0 Å². The molecule has 0 fully saturated rings. The Bertz CT molecular complexity index is 617. The van der Waals surface area contributed by atoms with Gasteiger partial charge in [0.1, 0.15) is 12.4 Å². The molecule has 0 amide bonds. The average molecular weight is 312 g/mol. The molecule has 0 saturated heterocycles. The minimum atomic E-state index is -4.57. The van der Waals surface area contributed by atoms with Crippen molar-refractivity contribution in [2.24, 2.45) is 0 Å². The Balaban J connectivity index is 2.22. The van der Waals surface area contributed by atoms with Crippen LogP contribution in [0.2, 0.25) is 0 Å². The zero-order valence-corrected chi connectivity index (χ0v) is 11.2. The second-order valence-corrected chi connectivity index (χ2v) is 4.38. The van der Waals surface area contributed by atoms with Crippen molar-refractivity contribution in [3.05, 3.63) is 59.7 Å². The van der Waals surface area contributed by atoms with E-state index in [0.29, 0.717) is 6.07 Å². The smallest absolute Gasteiger partial charge is 0.509 e. The summed E-state index contributed by atoms with van der Waals surface area (Å²) in [4.78, 5) is 0. The van der Waals surface area contributed by atoms with Gasteiger partial charge in [-0.1, -0.05) is 30.3 Å². The molecule has 0 aliphatic carbocycles. The van der Waals surface area contributed by atoms with Gasteiger partial charge < -0.3 is 19.4 Å². The molecule has 0 unspecified atom stereocenters. The molecule has 4 nitrogen and oxygen atoms in total. The van der Waals surface area contributed by atoms with E-state index in [9.17, 15) is 13.2 Å². The Morgan fingerprint density at radius 3 is 2.23 bits per heavy atom. The molecule has 0 aliphatic rings. The van der Waals surface area contributed by atoms with Crippen LogP contribution in [0.25, 0.3) is 0 Å². The highest BCUT2D eigenvalue weighted by atomic mass is 19.4. The highest BCUT2D eigenvalue weighted by Crippen LogP contribution is 2.36. The van der Waals surface area contributed by atoms with E-state index in [2.05, 4.69) is 4.65 Å². The first-order valence-electron chi connectivity index (χ1n) is 6.27. The van der Waals surface area contributed by atoms with Gasteiger partial charge in [-0.05, 0) is 23.8 Å². The average Bonchev–Trinajstić information content (AvgIpc) is 2.45. The highest BCUT2D eigenvalue weighted by molar-refractivity contribution is 6.33. The van der Waals surface area contributed by atoms with Crippen molar-refractivity contribution in [1.29, 1.82) is 0 Å². The van der Waals surface area contributed by atoms with E-state index >= 15 is 0 Å². The number of hydrogen-bond acceptors (Lipinski definition) is 4. The van der Waals surface area contributed by atoms with E-state index in [1.54, 1.807) is 24.3 Å². The lowest BCUT2D eigenvalue weighted by Gasteiger charge is -2.15. The molecule has 2 rings (SSSR count). The third kappa shape index (κ3) is 4.41. The van der Waals surface area contributed by atoms with Crippen LogP contribution in [-0.4, -0.2) is 17.4 Å². The molecule has 22 heavy (non-hydrogen) atoms. The Morgan fingerprint density at radius 2 is 1.64 bits per heavy atom. The first-order chi connectivity index (χ1) is 10.4. The van der Waals surface area contributed by atoms with E-state index in [0.717, 1.165) is 17.7 Å². The summed E-state index contributed by atoms with van der Waals surface area (Å²) in [6, 6.07) is 11.5. The quantitative estimate of drug-likeness (QED) is 0.833. The zero-order chi connectivity index (χ0) is 16.2. The summed E-state index contributed by atoms with van der Waals surface area (Å²) in [6.45, 7) is 0.101. The Morgan fingerprint density at radius 1 is 0.955 bits per heavy atom. The van der Waals surface area contributed by atoms with Crippen molar-refractivity contribution < 1.29 is 32.6 Å². The predicted molar refractivity (Wildman–Crippen MR) is 73.0 cm³/mol. The minimum Gasteiger partial charge on any atom is -0.509 e. The summed E-state index contributed by atoms with van der Waals surface area (Å²) in [6.07, 6.45) is -4.57. The number of rotatable bonds is 5. The minimum absolute atomic E-state index is 0.0232. The van der Waals surface area contributed by atoms with Crippen molar-refractivity contribution in [2.45, 2.75) is 12.8 Å². The van der Waals surface area contributed by atoms with Crippen LogP contribution in [0.15, 0.2) is 48.5 Å².